The zero-order chi connectivity index (χ0) is 26.8. The molecule has 3 aromatic rings. The topological polar surface area (TPSA) is 26.0 Å². The second-order valence-electron chi connectivity index (χ2n) is 10.6. The van der Waals surface area contributed by atoms with Gasteiger partial charge in [0.1, 0.15) is 0 Å². The van der Waals surface area contributed by atoms with Gasteiger partial charge < -0.3 is 5.73 Å². The number of rotatable bonds is 9. The van der Waals surface area contributed by atoms with Gasteiger partial charge in [0, 0.05) is 11.3 Å². The largest absolute Gasteiger partial charge is 0.398 e. The number of nitrogen functional groups attached to an aromatic ring is 1. The lowest BCUT2D eigenvalue weighted by atomic mass is 9.87. The van der Waals surface area contributed by atoms with Crippen molar-refractivity contribution in [3.05, 3.63) is 94.1 Å². The van der Waals surface area contributed by atoms with E-state index in [0.29, 0.717) is 11.8 Å². The molecule has 0 aliphatic heterocycles. The molecule has 0 saturated heterocycles. The van der Waals surface area contributed by atoms with Crippen molar-refractivity contribution in [1.29, 1.82) is 0 Å². The van der Waals surface area contributed by atoms with Gasteiger partial charge in [-0.2, -0.15) is 0 Å². The van der Waals surface area contributed by atoms with Crippen molar-refractivity contribution in [2.24, 2.45) is 11.8 Å². The van der Waals surface area contributed by atoms with Crippen molar-refractivity contribution in [1.82, 2.24) is 0 Å². The van der Waals surface area contributed by atoms with Crippen LogP contribution in [0.2, 0.25) is 0 Å². The van der Waals surface area contributed by atoms with Crippen molar-refractivity contribution < 1.29 is 0 Å². The molecule has 0 bridgehead atoms. The van der Waals surface area contributed by atoms with Crippen LogP contribution < -0.4 is 5.73 Å². The van der Waals surface area contributed by atoms with E-state index in [-0.39, 0.29) is 0 Å². The highest BCUT2D eigenvalue weighted by molar-refractivity contribution is 5.80. The SMILES string of the molecule is CC.CC[C@H](C)Cc1c(C)cc(C)cc1C/C=C(/CC(C)C)c1cc(-c2ccc(C)cc2)ccc1N. The number of aryl methyl sites for hydroxylation is 3. The Bertz CT molecular complexity index is 1130. The maximum atomic E-state index is 6.56. The Morgan fingerprint density at radius 1 is 0.833 bits per heavy atom. The predicted molar refractivity (Wildman–Crippen MR) is 163 cm³/mol. The number of anilines is 1. The molecule has 0 aliphatic carbocycles. The molecular weight excluding hydrogens is 434 g/mol. The van der Waals surface area contributed by atoms with Crippen LogP contribution in [0.5, 0.6) is 0 Å². The number of nitrogens with two attached hydrogens (primary N) is 1. The molecule has 0 amide bonds. The van der Waals surface area contributed by atoms with Crippen LogP contribution in [0.15, 0.2) is 60.7 Å². The van der Waals surface area contributed by atoms with Crippen LogP contribution in [0.3, 0.4) is 0 Å². The van der Waals surface area contributed by atoms with Gasteiger partial charge in [0.25, 0.3) is 0 Å². The molecule has 3 aromatic carbocycles. The van der Waals surface area contributed by atoms with Gasteiger partial charge in [0.2, 0.25) is 0 Å². The molecule has 1 atom stereocenters. The van der Waals surface area contributed by atoms with E-state index in [1.165, 1.54) is 56.5 Å². The normalized spacial score (nSPS) is 12.3. The van der Waals surface area contributed by atoms with Gasteiger partial charge in [-0.05, 0) is 97.4 Å². The van der Waals surface area contributed by atoms with Crippen LogP contribution in [0.1, 0.15) is 87.8 Å². The fourth-order valence-corrected chi connectivity index (χ4v) is 4.79. The quantitative estimate of drug-likeness (QED) is 0.301. The van der Waals surface area contributed by atoms with Crippen LogP contribution in [-0.4, -0.2) is 0 Å². The van der Waals surface area contributed by atoms with Crippen LogP contribution in [-0.2, 0) is 12.8 Å². The first-order valence-corrected chi connectivity index (χ1v) is 13.9. The Morgan fingerprint density at radius 2 is 1.47 bits per heavy atom. The van der Waals surface area contributed by atoms with Gasteiger partial charge in [-0.15, -0.1) is 0 Å². The van der Waals surface area contributed by atoms with E-state index in [4.69, 9.17) is 5.73 Å². The Labute approximate surface area is 221 Å². The van der Waals surface area contributed by atoms with Crippen LogP contribution in [0.4, 0.5) is 5.69 Å². The average molecular weight is 484 g/mol. The molecule has 0 spiro atoms. The van der Waals surface area contributed by atoms with Gasteiger partial charge in [0.05, 0.1) is 0 Å². The summed E-state index contributed by atoms with van der Waals surface area (Å²) in [5, 5.41) is 0. The highest BCUT2D eigenvalue weighted by atomic mass is 14.6. The lowest BCUT2D eigenvalue weighted by molar-refractivity contribution is 0.556. The highest BCUT2D eigenvalue weighted by Crippen LogP contribution is 2.33. The standard InChI is InChI=1S/C33H43N.C2H6/c1-8-23(4)20-31-26(7)18-25(6)19-30(31)14-13-29(17-22(2)3)32-21-28(15-16-33(32)34)27-11-9-24(5)10-12-27;1-2/h9-13,15-16,18-19,21-23H,8,14,17,20,34H2,1-7H3;1-2H3/b29-13-;/t23-;/m0./s1. The molecule has 194 valence electrons. The molecule has 1 heteroatoms. The van der Waals surface area contributed by atoms with E-state index in [1.54, 1.807) is 0 Å². The fraction of sp³-hybridized carbons (Fsp3) is 0.429. The molecule has 2 N–H and O–H groups in total. The van der Waals surface area contributed by atoms with Crippen LogP contribution in [0.25, 0.3) is 16.7 Å². The van der Waals surface area contributed by atoms with Crippen molar-refractivity contribution in [3.63, 3.8) is 0 Å². The first-order chi connectivity index (χ1) is 17.2. The Balaban J connectivity index is 0.00000222. The van der Waals surface area contributed by atoms with E-state index in [2.05, 4.69) is 109 Å². The van der Waals surface area contributed by atoms with E-state index >= 15 is 0 Å². The van der Waals surface area contributed by atoms with Gasteiger partial charge >= 0.3 is 0 Å². The van der Waals surface area contributed by atoms with E-state index in [0.717, 1.165) is 24.9 Å². The van der Waals surface area contributed by atoms with Gasteiger partial charge in [-0.3, -0.25) is 0 Å². The lowest BCUT2D eigenvalue weighted by Gasteiger charge is -2.18. The van der Waals surface area contributed by atoms with Crippen molar-refractivity contribution >= 4 is 11.3 Å². The fourth-order valence-electron chi connectivity index (χ4n) is 4.79. The third-order valence-corrected chi connectivity index (χ3v) is 6.94. The molecule has 0 unspecified atom stereocenters. The minimum absolute atomic E-state index is 0.563. The first kappa shape index (κ1) is 29.4. The summed E-state index contributed by atoms with van der Waals surface area (Å²) in [7, 11) is 0. The molecular formula is C35H49N. The average Bonchev–Trinajstić information content (AvgIpc) is 2.85. The molecule has 0 aromatic heterocycles. The van der Waals surface area contributed by atoms with Gasteiger partial charge in [-0.1, -0.05) is 108 Å². The Morgan fingerprint density at radius 3 is 2.08 bits per heavy atom. The van der Waals surface area contributed by atoms with E-state index in [9.17, 15) is 0 Å². The minimum atomic E-state index is 0.563. The third kappa shape index (κ3) is 8.12. The third-order valence-electron chi connectivity index (χ3n) is 6.94. The zero-order valence-electron chi connectivity index (χ0n) is 24.3. The lowest BCUT2D eigenvalue weighted by Crippen LogP contribution is -2.05. The second-order valence-corrected chi connectivity index (χ2v) is 10.6. The second kappa shape index (κ2) is 14.1. The monoisotopic (exact) mass is 483 g/mol. The van der Waals surface area contributed by atoms with Gasteiger partial charge in [-0.25, -0.2) is 0 Å². The molecule has 0 aliphatic rings. The number of benzene rings is 3. The molecule has 0 saturated carbocycles. The molecule has 36 heavy (non-hydrogen) atoms. The van der Waals surface area contributed by atoms with E-state index in [1.807, 2.05) is 13.8 Å². The zero-order valence-corrected chi connectivity index (χ0v) is 24.3. The summed E-state index contributed by atoms with van der Waals surface area (Å²) in [6.45, 7) is 19.8. The molecule has 3 rings (SSSR count). The van der Waals surface area contributed by atoms with Gasteiger partial charge in [0.15, 0.2) is 0 Å². The molecule has 1 nitrogen and oxygen atoms in total. The summed E-state index contributed by atoms with van der Waals surface area (Å²) >= 11 is 0. The highest BCUT2D eigenvalue weighted by Gasteiger charge is 2.13. The van der Waals surface area contributed by atoms with Crippen molar-refractivity contribution in [3.8, 4) is 11.1 Å². The molecule has 0 radical (unpaired) electrons. The summed E-state index contributed by atoms with van der Waals surface area (Å²) in [5.74, 6) is 1.26. The smallest absolute Gasteiger partial charge is 0.0390 e. The van der Waals surface area contributed by atoms with Crippen molar-refractivity contribution in [2.45, 2.75) is 88.0 Å². The predicted octanol–water partition coefficient (Wildman–Crippen LogP) is 10.1. The maximum absolute atomic E-state index is 6.56. The van der Waals surface area contributed by atoms with E-state index < -0.39 is 0 Å². The maximum Gasteiger partial charge on any atom is 0.0390 e. The summed E-state index contributed by atoms with van der Waals surface area (Å²) in [4.78, 5) is 0. The van der Waals surface area contributed by atoms with Crippen LogP contribution >= 0.6 is 0 Å². The first-order valence-electron chi connectivity index (χ1n) is 13.9. The number of hydrogen-bond donors (Lipinski definition) is 1. The summed E-state index contributed by atoms with van der Waals surface area (Å²) in [6.07, 6.45) is 6.77. The van der Waals surface area contributed by atoms with Crippen LogP contribution in [0, 0.1) is 32.6 Å². The minimum Gasteiger partial charge on any atom is -0.398 e. The number of allylic oxidation sites excluding steroid dienone is 2. The summed E-state index contributed by atoms with van der Waals surface area (Å²) in [6, 6.07) is 20.0. The molecule has 0 fully saturated rings. The van der Waals surface area contributed by atoms with Crippen molar-refractivity contribution in [2.75, 3.05) is 5.73 Å². The molecule has 0 heterocycles. The number of hydrogen-bond acceptors (Lipinski definition) is 1. The summed E-state index contributed by atoms with van der Waals surface area (Å²) in [5.41, 5.74) is 19.5. The summed E-state index contributed by atoms with van der Waals surface area (Å²) < 4.78 is 0. The Hall–Kier alpha value is -2.80. The Kier molecular flexibility index (Phi) is 11.5.